The highest BCUT2D eigenvalue weighted by molar-refractivity contribution is 5.98. The van der Waals surface area contributed by atoms with Gasteiger partial charge in [-0.05, 0) is 60.7 Å². The summed E-state index contributed by atoms with van der Waals surface area (Å²) in [6.07, 6.45) is 2.06. The van der Waals surface area contributed by atoms with Crippen LogP contribution in [0.2, 0.25) is 0 Å². The van der Waals surface area contributed by atoms with Crippen molar-refractivity contribution in [2.24, 2.45) is 5.92 Å². The predicted octanol–water partition coefficient (Wildman–Crippen LogP) is 4.88. The van der Waals surface area contributed by atoms with Crippen LogP contribution < -0.4 is 10.6 Å². The summed E-state index contributed by atoms with van der Waals surface area (Å²) in [5.41, 5.74) is 3.42. The molecule has 3 amide bonds. The van der Waals surface area contributed by atoms with Crippen LogP contribution in [0, 0.1) is 5.92 Å². The van der Waals surface area contributed by atoms with E-state index in [1.807, 2.05) is 53.4 Å². The molecule has 1 aliphatic rings. The number of carbonyl (C=O) groups is 3. The smallest absolute Gasteiger partial charge is 0.253 e. The number of piperidine rings is 1. The van der Waals surface area contributed by atoms with Crippen molar-refractivity contribution in [1.29, 1.82) is 0 Å². The lowest BCUT2D eigenvalue weighted by Gasteiger charge is -2.30. The number of benzene rings is 3. The van der Waals surface area contributed by atoms with E-state index in [9.17, 15) is 14.4 Å². The van der Waals surface area contributed by atoms with Crippen molar-refractivity contribution < 1.29 is 14.4 Å². The molecule has 7 nitrogen and oxygen atoms in total. The van der Waals surface area contributed by atoms with Gasteiger partial charge in [-0.25, -0.2) is 0 Å². The molecular weight excluding hydrogens is 464 g/mol. The average Bonchev–Trinajstić information content (AvgIpc) is 2.92. The van der Waals surface area contributed by atoms with E-state index >= 15 is 0 Å². The van der Waals surface area contributed by atoms with E-state index in [0.717, 1.165) is 31.5 Å². The van der Waals surface area contributed by atoms with Crippen molar-refractivity contribution in [3.8, 4) is 0 Å². The largest absolute Gasteiger partial charge is 0.376 e. The highest BCUT2D eigenvalue weighted by Gasteiger charge is 2.21. The first-order valence-electron chi connectivity index (χ1n) is 12.7. The molecule has 3 aromatic carbocycles. The Morgan fingerprint density at radius 2 is 1.51 bits per heavy atom. The molecule has 1 fully saturated rings. The number of nitrogens with one attached hydrogen (secondary N) is 2. The molecule has 0 unspecified atom stereocenters. The van der Waals surface area contributed by atoms with E-state index in [4.69, 9.17) is 0 Å². The summed E-state index contributed by atoms with van der Waals surface area (Å²) in [6.45, 7) is 4.31. The highest BCUT2D eigenvalue weighted by atomic mass is 16.2. The topological polar surface area (TPSA) is 81.8 Å². The van der Waals surface area contributed by atoms with Gasteiger partial charge in [-0.2, -0.15) is 0 Å². The minimum atomic E-state index is -0.246. The molecule has 0 spiro atoms. The summed E-state index contributed by atoms with van der Waals surface area (Å²) < 4.78 is 0. The van der Waals surface area contributed by atoms with Gasteiger partial charge >= 0.3 is 0 Å². The van der Waals surface area contributed by atoms with Gasteiger partial charge in [-0.3, -0.25) is 14.4 Å². The number of carbonyl (C=O) groups excluding carboxylic acids is 3. The summed E-state index contributed by atoms with van der Waals surface area (Å²) in [5, 5.41) is 5.94. The van der Waals surface area contributed by atoms with E-state index in [1.54, 1.807) is 42.3 Å². The Morgan fingerprint density at radius 3 is 2.24 bits per heavy atom. The summed E-state index contributed by atoms with van der Waals surface area (Å²) in [4.78, 5) is 41.9. The fourth-order valence-corrected chi connectivity index (χ4v) is 4.42. The monoisotopic (exact) mass is 498 g/mol. The van der Waals surface area contributed by atoms with Crippen LogP contribution in [0.3, 0.4) is 0 Å². The molecule has 2 N–H and O–H groups in total. The number of amides is 3. The molecule has 3 aromatic rings. The van der Waals surface area contributed by atoms with Gasteiger partial charge in [0.25, 0.3) is 11.8 Å². The molecule has 0 aromatic heterocycles. The van der Waals surface area contributed by atoms with Gasteiger partial charge in [0.2, 0.25) is 5.91 Å². The van der Waals surface area contributed by atoms with Crippen LogP contribution in [0.5, 0.6) is 0 Å². The molecule has 0 saturated carbocycles. The van der Waals surface area contributed by atoms with E-state index in [0.29, 0.717) is 35.0 Å². The molecular formula is C30H34N4O3. The first kappa shape index (κ1) is 25.9. The first-order chi connectivity index (χ1) is 17.9. The zero-order chi connectivity index (χ0) is 26.2. The molecule has 192 valence electrons. The summed E-state index contributed by atoms with van der Waals surface area (Å²) in [5.74, 6) is 0.315. The summed E-state index contributed by atoms with van der Waals surface area (Å²) >= 11 is 0. The van der Waals surface area contributed by atoms with Crippen molar-refractivity contribution in [3.05, 3.63) is 95.6 Å². The third-order valence-corrected chi connectivity index (χ3v) is 6.64. The molecule has 0 bridgehead atoms. The van der Waals surface area contributed by atoms with Gasteiger partial charge in [-0.15, -0.1) is 0 Å². The van der Waals surface area contributed by atoms with E-state index < -0.39 is 0 Å². The zero-order valence-electron chi connectivity index (χ0n) is 21.4. The van der Waals surface area contributed by atoms with Crippen LogP contribution in [0.25, 0.3) is 0 Å². The second-order valence-corrected chi connectivity index (χ2v) is 9.68. The zero-order valence-corrected chi connectivity index (χ0v) is 21.4. The van der Waals surface area contributed by atoms with Gasteiger partial charge in [-0.1, -0.05) is 49.4 Å². The standard InChI is InChI=1S/C30H34N4O3/c1-22-14-16-34(17-15-22)30(37)25-11-6-12-26(18-25)31-20-28(35)32-27-13-7-10-24(19-27)29(36)33(2)21-23-8-4-3-5-9-23/h3-13,18-19,22,31H,14-17,20-21H2,1-2H3,(H,32,35). The van der Waals surface area contributed by atoms with Crippen LogP contribution in [0.15, 0.2) is 78.9 Å². The maximum Gasteiger partial charge on any atom is 0.253 e. The number of rotatable bonds is 8. The molecule has 7 heteroatoms. The third kappa shape index (κ3) is 7.19. The Morgan fingerprint density at radius 1 is 0.865 bits per heavy atom. The summed E-state index contributed by atoms with van der Waals surface area (Å²) in [6, 6.07) is 24.0. The van der Waals surface area contributed by atoms with Gasteiger partial charge in [0.1, 0.15) is 0 Å². The Balaban J connectivity index is 1.30. The van der Waals surface area contributed by atoms with Crippen LogP contribution in [-0.4, -0.2) is 54.2 Å². The third-order valence-electron chi connectivity index (χ3n) is 6.64. The Kier molecular flexibility index (Phi) is 8.56. The highest BCUT2D eigenvalue weighted by Crippen LogP contribution is 2.20. The van der Waals surface area contributed by atoms with Gasteiger partial charge in [0.05, 0.1) is 6.54 Å². The maximum absolute atomic E-state index is 12.9. The van der Waals surface area contributed by atoms with Gasteiger partial charge < -0.3 is 20.4 Å². The fraction of sp³-hybridized carbons (Fsp3) is 0.300. The van der Waals surface area contributed by atoms with Crippen LogP contribution >= 0.6 is 0 Å². The first-order valence-corrected chi connectivity index (χ1v) is 12.7. The van der Waals surface area contributed by atoms with Gasteiger partial charge in [0, 0.05) is 49.2 Å². The molecule has 0 atom stereocenters. The molecule has 4 rings (SSSR count). The average molecular weight is 499 g/mol. The Labute approximate surface area is 218 Å². The molecule has 0 aliphatic carbocycles. The van der Waals surface area contributed by atoms with E-state index in [-0.39, 0.29) is 24.3 Å². The van der Waals surface area contributed by atoms with E-state index in [1.165, 1.54) is 0 Å². The molecule has 1 aliphatic heterocycles. The van der Waals surface area contributed by atoms with Crippen molar-refractivity contribution in [2.45, 2.75) is 26.3 Å². The Hall–Kier alpha value is -4.13. The Bertz CT molecular complexity index is 1240. The normalized spacial score (nSPS) is 13.6. The molecule has 1 heterocycles. The summed E-state index contributed by atoms with van der Waals surface area (Å²) in [7, 11) is 1.76. The van der Waals surface area contributed by atoms with Crippen molar-refractivity contribution in [3.63, 3.8) is 0 Å². The maximum atomic E-state index is 12.9. The molecule has 0 radical (unpaired) electrons. The lowest BCUT2D eigenvalue weighted by molar-refractivity contribution is -0.114. The number of hydrogen-bond donors (Lipinski definition) is 2. The van der Waals surface area contributed by atoms with Crippen LogP contribution in [-0.2, 0) is 11.3 Å². The van der Waals surface area contributed by atoms with Crippen LogP contribution in [0.4, 0.5) is 11.4 Å². The lowest BCUT2D eigenvalue weighted by atomic mass is 9.98. The molecule has 37 heavy (non-hydrogen) atoms. The number of hydrogen-bond acceptors (Lipinski definition) is 4. The quantitative estimate of drug-likeness (QED) is 0.464. The lowest BCUT2D eigenvalue weighted by Crippen LogP contribution is -2.37. The predicted molar refractivity (Wildman–Crippen MR) is 147 cm³/mol. The number of nitrogens with zero attached hydrogens (tertiary/aromatic N) is 2. The van der Waals surface area contributed by atoms with Crippen LogP contribution in [0.1, 0.15) is 46.0 Å². The minimum Gasteiger partial charge on any atom is -0.376 e. The van der Waals surface area contributed by atoms with Crippen molar-refractivity contribution in [1.82, 2.24) is 9.80 Å². The second-order valence-electron chi connectivity index (χ2n) is 9.68. The molecule has 1 saturated heterocycles. The minimum absolute atomic E-state index is 0.0266. The van der Waals surface area contributed by atoms with Crippen molar-refractivity contribution >= 4 is 29.1 Å². The van der Waals surface area contributed by atoms with Gasteiger partial charge in [0.15, 0.2) is 0 Å². The number of likely N-dealkylation sites (tertiary alicyclic amines) is 1. The second kappa shape index (κ2) is 12.2. The van der Waals surface area contributed by atoms with E-state index in [2.05, 4.69) is 17.6 Å². The van der Waals surface area contributed by atoms with Crippen molar-refractivity contribution in [2.75, 3.05) is 37.3 Å². The SMILES string of the molecule is CC1CCN(C(=O)c2cccc(NCC(=O)Nc3cccc(C(=O)N(C)Cc4ccccc4)c3)c2)CC1. The number of anilines is 2. The fourth-order valence-electron chi connectivity index (χ4n) is 4.42.